The Morgan fingerprint density at radius 3 is 2.92 bits per heavy atom. The summed E-state index contributed by atoms with van der Waals surface area (Å²) in [6.45, 7) is 1.90. The van der Waals surface area contributed by atoms with Crippen LogP contribution in [0.3, 0.4) is 0 Å². The molecule has 0 atom stereocenters. The highest BCUT2D eigenvalue weighted by Crippen LogP contribution is 2.14. The fourth-order valence-corrected chi connectivity index (χ4v) is 1.17. The molecular weight excluding hydrogens is 168 g/mol. The molecule has 0 aliphatic heterocycles. The molecule has 1 heterocycles. The summed E-state index contributed by atoms with van der Waals surface area (Å²) >= 11 is 0. The maximum absolute atomic E-state index is 11.2. The smallest absolute Gasteiger partial charge is 0.265 e. The first kappa shape index (κ1) is 9.47. The van der Waals surface area contributed by atoms with E-state index in [2.05, 4.69) is 10.4 Å². The Bertz CT molecular complexity index is 324. The topological polar surface area (TPSA) is 94.0 Å². The second kappa shape index (κ2) is 3.86. The van der Waals surface area contributed by atoms with Gasteiger partial charge < -0.3 is 5.73 Å². The van der Waals surface area contributed by atoms with Crippen molar-refractivity contribution in [3.63, 3.8) is 0 Å². The van der Waals surface area contributed by atoms with Crippen LogP contribution >= 0.6 is 0 Å². The van der Waals surface area contributed by atoms with E-state index < -0.39 is 0 Å². The van der Waals surface area contributed by atoms with Crippen LogP contribution in [0.25, 0.3) is 0 Å². The lowest BCUT2D eigenvalue weighted by Gasteiger charge is -2.07. The third-order valence-electron chi connectivity index (χ3n) is 1.82. The van der Waals surface area contributed by atoms with Crippen LogP contribution in [0.4, 0.5) is 5.82 Å². The van der Waals surface area contributed by atoms with E-state index in [4.69, 9.17) is 11.6 Å². The number of amides is 1. The Balaban J connectivity index is 3.20. The van der Waals surface area contributed by atoms with Crippen LogP contribution in [-0.2, 0) is 6.42 Å². The number of pyridine rings is 1. The normalized spacial score (nSPS) is 9.69. The van der Waals surface area contributed by atoms with Gasteiger partial charge in [-0.25, -0.2) is 10.8 Å². The van der Waals surface area contributed by atoms with Crippen molar-refractivity contribution in [3.8, 4) is 0 Å². The predicted octanol–water partition coefficient (Wildman–Crippen LogP) is -0.170. The van der Waals surface area contributed by atoms with E-state index in [-0.39, 0.29) is 5.91 Å². The Morgan fingerprint density at radius 2 is 2.38 bits per heavy atom. The molecule has 0 spiro atoms. The molecule has 1 aromatic heterocycles. The minimum absolute atomic E-state index is 0.342. The van der Waals surface area contributed by atoms with Crippen LogP contribution < -0.4 is 17.0 Å². The fraction of sp³-hybridized carbons (Fsp3) is 0.250. The number of anilines is 1. The molecular formula is C8H12N4O. The molecule has 1 rings (SSSR count). The van der Waals surface area contributed by atoms with Crippen LogP contribution in [0.1, 0.15) is 22.8 Å². The first-order valence-corrected chi connectivity index (χ1v) is 3.95. The van der Waals surface area contributed by atoms with Crippen molar-refractivity contribution in [2.24, 2.45) is 5.84 Å². The van der Waals surface area contributed by atoms with Gasteiger partial charge in [-0.2, -0.15) is 0 Å². The number of nitrogen functional groups attached to an aromatic ring is 2. The van der Waals surface area contributed by atoms with Crippen molar-refractivity contribution >= 4 is 11.7 Å². The molecule has 0 aliphatic rings. The van der Waals surface area contributed by atoms with E-state index in [0.29, 0.717) is 17.8 Å². The van der Waals surface area contributed by atoms with Crippen LogP contribution in [0, 0.1) is 0 Å². The van der Waals surface area contributed by atoms with E-state index in [1.54, 1.807) is 6.07 Å². The highest BCUT2D eigenvalue weighted by atomic mass is 16.2. The monoisotopic (exact) mass is 180 g/mol. The second-order valence-corrected chi connectivity index (χ2v) is 2.55. The average molecular weight is 180 g/mol. The molecule has 0 saturated heterocycles. The summed E-state index contributed by atoms with van der Waals surface area (Å²) < 4.78 is 0. The lowest BCUT2D eigenvalue weighted by molar-refractivity contribution is 0.0952. The lowest BCUT2D eigenvalue weighted by Crippen LogP contribution is -2.31. The van der Waals surface area contributed by atoms with Crippen molar-refractivity contribution in [2.45, 2.75) is 13.3 Å². The summed E-state index contributed by atoms with van der Waals surface area (Å²) in [4.78, 5) is 15.1. The number of carbonyl (C=O) groups excluding carboxylic acids is 1. The molecule has 5 N–H and O–H groups in total. The summed E-state index contributed by atoms with van der Waals surface area (Å²) in [6.07, 6.45) is 2.14. The fourth-order valence-electron chi connectivity index (χ4n) is 1.17. The quantitative estimate of drug-likeness (QED) is 0.334. The van der Waals surface area contributed by atoms with Crippen molar-refractivity contribution < 1.29 is 4.79 Å². The van der Waals surface area contributed by atoms with Crippen LogP contribution in [0.15, 0.2) is 12.3 Å². The van der Waals surface area contributed by atoms with E-state index >= 15 is 0 Å². The summed E-state index contributed by atoms with van der Waals surface area (Å²) in [7, 11) is 0. The van der Waals surface area contributed by atoms with Gasteiger partial charge in [-0.15, -0.1) is 0 Å². The van der Waals surface area contributed by atoms with Crippen molar-refractivity contribution in [1.82, 2.24) is 10.4 Å². The van der Waals surface area contributed by atoms with Gasteiger partial charge in [0.15, 0.2) is 0 Å². The molecule has 5 heteroatoms. The number of hydrogen-bond donors (Lipinski definition) is 3. The molecule has 0 unspecified atom stereocenters. The largest absolute Gasteiger partial charge is 0.383 e. The Morgan fingerprint density at radius 1 is 1.69 bits per heavy atom. The Kier molecular flexibility index (Phi) is 2.81. The number of aromatic nitrogens is 1. The maximum atomic E-state index is 11.2. The van der Waals surface area contributed by atoms with Crippen molar-refractivity contribution in [3.05, 3.63) is 23.4 Å². The number of hydrazine groups is 1. The zero-order chi connectivity index (χ0) is 9.84. The first-order chi connectivity index (χ1) is 6.20. The molecule has 1 amide bonds. The predicted molar refractivity (Wildman–Crippen MR) is 49.7 cm³/mol. The van der Waals surface area contributed by atoms with E-state index in [0.717, 1.165) is 5.56 Å². The van der Waals surface area contributed by atoms with Gasteiger partial charge in [-0.05, 0) is 12.5 Å². The molecule has 1 aromatic rings. The molecule has 0 bridgehead atoms. The Labute approximate surface area is 76.1 Å². The zero-order valence-corrected chi connectivity index (χ0v) is 7.37. The Hall–Kier alpha value is -1.62. The molecule has 13 heavy (non-hydrogen) atoms. The van der Waals surface area contributed by atoms with E-state index in [1.165, 1.54) is 6.20 Å². The number of rotatable bonds is 2. The number of nitrogens with one attached hydrogen (secondary N) is 1. The summed E-state index contributed by atoms with van der Waals surface area (Å²) in [5.74, 6) is 5.05. The van der Waals surface area contributed by atoms with Crippen LogP contribution in [-0.4, -0.2) is 10.9 Å². The molecule has 70 valence electrons. The first-order valence-electron chi connectivity index (χ1n) is 3.95. The highest BCUT2D eigenvalue weighted by Gasteiger charge is 2.11. The average Bonchev–Trinajstić information content (AvgIpc) is 2.16. The minimum atomic E-state index is -0.342. The van der Waals surface area contributed by atoms with Crippen molar-refractivity contribution in [2.75, 3.05) is 5.73 Å². The van der Waals surface area contributed by atoms with Crippen LogP contribution in [0.5, 0.6) is 0 Å². The molecule has 0 fully saturated rings. The van der Waals surface area contributed by atoms with Gasteiger partial charge in [0.2, 0.25) is 0 Å². The highest BCUT2D eigenvalue weighted by molar-refractivity contribution is 5.96. The van der Waals surface area contributed by atoms with Gasteiger partial charge in [-0.1, -0.05) is 6.92 Å². The molecule has 0 aromatic carbocycles. The molecule has 0 saturated carbocycles. The zero-order valence-electron chi connectivity index (χ0n) is 7.37. The maximum Gasteiger partial charge on any atom is 0.265 e. The summed E-state index contributed by atoms with van der Waals surface area (Å²) in [6, 6.07) is 1.59. The van der Waals surface area contributed by atoms with Gasteiger partial charge in [-0.3, -0.25) is 10.2 Å². The van der Waals surface area contributed by atoms with Gasteiger partial charge in [0.05, 0.1) is 0 Å². The van der Waals surface area contributed by atoms with Gasteiger partial charge in [0, 0.05) is 17.3 Å². The summed E-state index contributed by atoms with van der Waals surface area (Å²) in [5.41, 5.74) is 8.86. The van der Waals surface area contributed by atoms with Crippen molar-refractivity contribution in [1.29, 1.82) is 0 Å². The lowest BCUT2D eigenvalue weighted by atomic mass is 10.1. The molecule has 0 aliphatic carbocycles. The molecule has 5 nitrogen and oxygen atoms in total. The van der Waals surface area contributed by atoms with Gasteiger partial charge in [0.1, 0.15) is 5.82 Å². The summed E-state index contributed by atoms with van der Waals surface area (Å²) in [5, 5.41) is 0. The minimum Gasteiger partial charge on any atom is -0.383 e. The van der Waals surface area contributed by atoms with Gasteiger partial charge in [0.25, 0.3) is 5.91 Å². The van der Waals surface area contributed by atoms with Crippen LogP contribution in [0.2, 0.25) is 0 Å². The molecule has 0 radical (unpaired) electrons. The number of nitrogens with zero attached hydrogens (tertiary/aromatic N) is 1. The number of carbonyl (C=O) groups is 1. The second-order valence-electron chi connectivity index (χ2n) is 2.55. The van der Waals surface area contributed by atoms with E-state index in [1.807, 2.05) is 6.92 Å². The third-order valence-corrected chi connectivity index (χ3v) is 1.82. The standard InChI is InChI=1S/C8H12N4O/c1-2-5-6(8(13)12-10)3-4-11-7(5)9/h3-4H,2,10H2,1H3,(H2,9,11)(H,12,13). The third kappa shape index (κ3) is 1.75. The number of hydrogen-bond acceptors (Lipinski definition) is 4. The van der Waals surface area contributed by atoms with Gasteiger partial charge >= 0.3 is 0 Å². The van der Waals surface area contributed by atoms with E-state index in [9.17, 15) is 4.79 Å². The number of nitrogens with two attached hydrogens (primary N) is 2. The SMILES string of the molecule is CCc1c(C(=O)NN)ccnc1N.